The highest BCUT2D eigenvalue weighted by Crippen LogP contribution is 2.43. The smallest absolute Gasteiger partial charge is 0.462 e. The van der Waals surface area contributed by atoms with Crippen molar-refractivity contribution in [3.8, 4) is 0 Å². The predicted octanol–water partition coefficient (Wildman–Crippen LogP) is 10.3. The van der Waals surface area contributed by atoms with Gasteiger partial charge in [-0.1, -0.05) is 194 Å². The third kappa shape index (κ3) is 42.4. The van der Waals surface area contributed by atoms with Crippen molar-refractivity contribution in [2.24, 2.45) is 5.73 Å². The minimum Gasteiger partial charge on any atom is -0.462 e. The predicted molar refractivity (Wildman–Crippen MR) is 237 cm³/mol. The van der Waals surface area contributed by atoms with E-state index in [9.17, 15) is 28.6 Å². The first kappa shape index (κ1) is 57.0. The van der Waals surface area contributed by atoms with Gasteiger partial charge in [-0.2, -0.15) is 0 Å². The summed E-state index contributed by atoms with van der Waals surface area (Å²) in [5, 5.41) is 4.73. The molecule has 13 nitrogen and oxygen atoms in total. The summed E-state index contributed by atoms with van der Waals surface area (Å²) in [6.07, 6.45) is 36.0. The van der Waals surface area contributed by atoms with Crippen LogP contribution >= 0.6 is 7.82 Å². The number of phosphoric acid groups is 1. The fourth-order valence-electron chi connectivity index (χ4n) is 6.78. The van der Waals surface area contributed by atoms with E-state index >= 15 is 0 Å². The standard InChI is InChI=1S/C45H88N3O10P/c1-3-5-7-9-11-13-15-17-19-21-23-25-27-29-31-33-44(51)55-39-41(40-57-59(53,54)56-36-35-47-43(50)38-48-42(49)37-46)58-45(52)34-32-30-28-26-24-22-20-18-16-14-12-10-8-6-4-2/h41H,3-40,46H2,1-2H3,(H,47,50)(H,48,49)(H,53,54). The molecule has 5 N–H and O–H groups in total. The highest BCUT2D eigenvalue weighted by Gasteiger charge is 2.26. The lowest BCUT2D eigenvalue weighted by Gasteiger charge is -2.20. The molecule has 14 heteroatoms. The molecule has 0 rings (SSSR count). The SMILES string of the molecule is CCCCCCCCCCCCCCCCCC(=O)OCC(COP(=O)(O)OCCNC(=O)CNC(=O)CN)OC(=O)CCCCCCCCCCCCCCCCC. The molecule has 59 heavy (non-hydrogen) atoms. The molecule has 0 aliphatic carbocycles. The second kappa shape index (κ2) is 42.6. The quantitative estimate of drug-likeness (QED) is 0.0259. The Morgan fingerprint density at radius 3 is 1.32 bits per heavy atom. The van der Waals surface area contributed by atoms with Crippen molar-refractivity contribution in [2.45, 2.75) is 225 Å². The van der Waals surface area contributed by atoms with Crippen LogP contribution in [0.4, 0.5) is 0 Å². The van der Waals surface area contributed by atoms with E-state index in [1.807, 2.05) is 0 Å². The Kier molecular flexibility index (Phi) is 41.2. The molecule has 0 spiro atoms. The Labute approximate surface area is 359 Å². The van der Waals surface area contributed by atoms with Crippen molar-refractivity contribution in [1.82, 2.24) is 10.6 Å². The fraction of sp³-hybridized carbons (Fsp3) is 0.911. The first-order chi connectivity index (χ1) is 28.6. The molecule has 0 bridgehead atoms. The third-order valence-electron chi connectivity index (χ3n) is 10.4. The zero-order chi connectivity index (χ0) is 43.5. The average molecular weight is 862 g/mol. The maximum Gasteiger partial charge on any atom is 0.472 e. The lowest BCUT2D eigenvalue weighted by Crippen LogP contribution is -2.40. The lowest BCUT2D eigenvalue weighted by molar-refractivity contribution is -0.161. The molecule has 0 aromatic carbocycles. The second-order valence-electron chi connectivity index (χ2n) is 16.1. The molecule has 0 saturated heterocycles. The number of phosphoric ester groups is 1. The van der Waals surface area contributed by atoms with Crippen LogP contribution < -0.4 is 16.4 Å². The zero-order valence-corrected chi connectivity index (χ0v) is 38.5. The minimum atomic E-state index is -4.60. The topological polar surface area (TPSA) is 193 Å². The van der Waals surface area contributed by atoms with E-state index < -0.39 is 44.3 Å². The van der Waals surface area contributed by atoms with Gasteiger partial charge in [0.1, 0.15) is 6.61 Å². The summed E-state index contributed by atoms with van der Waals surface area (Å²) in [5.41, 5.74) is 5.18. The number of hydrogen-bond donors (Lipinski definition) is 4. The number of unbranched alkanes of at least 4 members (excludes halogenated alkanes) is 28. The van der Waals surface area contributed by atoms with Gasteiger partial charge in [0.2, 0.25) is 11.8 Å². The summed E-state index contributed by atoms with van der Waals surface area (Å²) >= 11 is 0. The molecule has 0 aliphatic heterocycles. The number of ether oxygens (including phenoxy) is 2. The van der Waals surface area contributed by atoms with E-state index in [0.29, 0.717) is 12.8 Å². The maximum absolute atomic E-state index is 12.7. The van der Waals surface area contributed by atoms with Crippen LogP contribution in [-0.2, 0) is 42.3 Å². The summed E-state index contributed by atoms with van der Waals surface area (Å²) < 4.78 is 33.5. The van der Waals surface area contributed by atoms with Crippen LogP contribution in [0.1, 0.15) is 219 Å². The van der Waals surface area contributed by atoms with Gasteiger partial charge in [0, 0.05) is 19.4 Å². The van der Waals surface area contributed by atoms with Gasteiger partial charge < -0.3 is 30.7 Å². The lowest BCUT2D eigenvalue weighted by atomic mass is 10.0. The molecular formula is C45H88N3O10P. The number of carbonyl (C=O) groups is 4. The number of amides is 2. The van der Waals surface area contributed by atoms with Gasteiger partial charge in [0.25, 0.3) is 0 Å². The molecule has 0 radical (unpaired) electrons. The van der Waals surface area contributed by atoms with E-state index in [0.717, 1.165) is 38.5 Å². The van der Waals surface area contributed by atoms with E-state index in [1.165, 1.54) is 141 Å². The van der Waals surface area contributed by atoms with Crippen LogP contribution in [0.25, 0.3) is 0 Å². The summed E-state index contributed by atoms with van der Waals surface area (Å²) in [6, 6.07) is 0. The Balaban J connectivity index is 4.47. The van der Waals surface area contributed by atoms with Crippen molar-refractivity contribution >= 4 is 31.6 Å². The first-order valence-electron chi connectivity index (χ1n) is 23.8. The fourth-order valence-corrected chi connectivity index (χ4v) is 7.53. The molecule has 2 unspecified atom stereocenters. The normalized spacial score (nSPS) is 12.8. The molecule has 0 aromatic rings. The van der Waals surface area contributed by atoms with Gasteiger partial charge in [0.15, 0.2) is 6.10 Å². The van der Waals surface area contributed by atoms with Gasteiger partial charge in [-0.15, -0.1) is 0 Å². The van der Waals surface area contributed by atoms with Crippen LogP contribution in [0, 0.1) is 0 Å². The largest absolute Gasteiger partial charge is 0.472 e. The third-order valence-corrected chi connectivity index (χ3v) is 11.4. The Bertz CT molecular complexity index is 1070. The molecular weight excluding hydrogens is 773 g/mol. The van der Waals surface area contributed by atoms with Crippen LogP contribution in [0.15, 0.2) is 0 Å². The number of esters is 2. The molecule has 0 saturated carbocycles. The second-order valence-corrected chi connectivity index (χ2v) is 17.6. The van der Waals surface area contributed by atoms with Crippen molar-refractivity contribution in [2.75, 3.05) is 39.5 Å². The highest BCUT2D eigenvalue weighted by atomic mass is 31.2. The molecule has 0 fully saturated rings. The van der Waals surface area contributed by atoms with Gasteiger partial charge in [0.05, 0.1) is 26.3 Å². The molecule has 0 aliphatic rings. The van der Waals surface area contributed by atoms with E-state index in [1.54, 1.807) is 0 Å². The Morgan fingerprint density at radius 2 is 0.915 bits per heavy atom. The van der Waals surface area contributed by atoms with Crippen molar-refractivity contribution in [1.29, 1.82) is 0 Å². The van der Waals surface area contributed by atoms with Crippen LogP contribution in [0.2, 0.25) is 0 Å². The minimum absolute atomic E-state index is 0.125. The molecule has 0 aromatic heterocycles. The number of rotatable bonds is 45. The molecule has 2 atom stereocenters. The monoisotopic (exact) mass is 862 g/mol. The van der Waals surface area contributed by atoms with Crippen molar-refractivity contribution in [3.63, 3.8) is 0 Å². The summed E-state index contributed by atoms with van der Waals surface area (Å²) in [5.74, 6) is -1.95. The number of carbonyl (C=O) groups excluding carboxylic acids is 4. The summed E-state index contributed by atoms with van der Waals surface area (Å²) in [4.78, 5) is 58.4. The first-order valence-corrected chi connectivity index (χ1v) is 25.3. The van der Waals surface area contributed by atoms with E-state index in [4.69, 9.17) is 24.3 Å². The van der Waals surface area contributed by atoms with Gasteiger partial charge in [-0.3, -0.25) is 28.2 Å². The maximum atomic E-state index is 12.7. The van der Waals surface area contributed by atoms with E-state index in [-0.39, 0.29) is 45.7 Å². The van der Waals surface area contributed by atoms with Crippen molar-refractivity contribution in [3.05, 3.63) is 0 Å². The summed E-state index contributed by atoms with van der Waals surface area (Å²) in [6.45, 7) is 2.63. The van der Waals surface area contributed by atoms with Gasteiger partial charge in [-0.25, -0.2) is 4.57 Å². The number of hydrogen-bond acceptors (Lipinski definition) is 10. The van der Waals surface area contributed by atoms with Crippen molar-refractivity contribution < 1.29 is 47.2 Å². The highest BCUT2D eigenvalue weighted by molar-refractivity contribution is 7.47. The number of nitrogens with two attached hydrogens (primary N) is 1. The van der Waals surface area contributed by atoms with Gasteiger partial charge in [-0.05, 0) is 12.8 Å². The Hall–Kier alpha value is -2.05. The van der Waals surface area contributed by atoms with Crippen LogP contribution in [-0.4, -0.2) is 74.2 Å². The van der Waals surface area contributed by atoms with Gasteiger partial charge >= 0.3 is 19.8 Å². The van der Waals surface area contributed by atoms with E-state index in [2.05, 4.69) is 24.5 Å². The average Bonchev–Trinajstić information content (AvgIpc) is 3.22. The van der Waals surface area contributed by atoms with Crippen LogP contribution in [0.5, 0.6) is 0 Å². The number of nitrogens with one attached hydrogen (secondary N) is 2. The summed E-state index contributed by atoms with van der Waals surface area (Å²) in [7, 11) is -4.60. The zero-order valence-electron chi connectivity index (χ0n) is 37.6. The molecule has 0 heterocycles. The molecule has 348 valence electrons. The van der Waals surface area contributed by atoms with Crippen LogP contribution in [0.3, 0.4) is 0 Å². The Morgan fingerprint density at radius 1 is 0.525 bits per heavy atom. The molecule has 2 amide bonds.